The highest BCUT2D eigenvalue weighted by molar-refractivity contribution is 6.00. The van der Waals surface area contributed by atoms with Gasteiger partial charge in [0, 0.05) is 24.0 Å². The van der Waals surface area contributed by atoms with E-state index in [0.717, 1.165) is 11.1 Å². The lowest BCUT2D eigenvalue weighted by molar-refractivity contribution is -0.148. The number of rotatable bonds is 13. The van der Waals surface area contributed by atoms with E-state index in [9.17, 15) is 14.4 Å². The maximum Gasteiger partial charge on any atom is 0.407 e. The number of carbonyl (C=O) groups excluding carboxylic acids is 3. The Hall–Kier alpha value is -5.36. The summed E-state index contributed by atoms with van der Waals surface area (Å²) >= 11 is 0. The molecule has 3 aromatic carbocycles. The second-order valence-electron chi connectivity index (χ2n) is 9.78. The average molecular weight is 602 g/mol. The van der Waals surface area contributed by atoms with Gasteiger partial charge in [0.15, 0.2) is 12.2 Å². The summed E-state index contributed by atoms with van der Waals surface area (Å²) in [5, 5.41) is 8.21. The molecule has 0 fully saturated rings. The number of alkyl carbamates (subject to hydrolysis) is 1. The van der Waals surface area contributed by atoms with Gasteiger partial charge in [-0.2, -0.15) is 0 Å². The molecular weight excluding hydrogens is 566 g/mol. The van der Waals surface area contributed by atoms with E-state index in [0.29, 0.717) is 41.3 Å². The number of oxazole rings is 1. The molecule has 0 spiro atoms. The van der Waals surface area contributed by atoms with Crippen LogP contribution in [0.25, 0.3) is 11.3 Å². The van der Waals surface area contributed by atoms with Gasteiger partial charge in [-0.3, -0.25) is 4.79 Å². The Kier molecular flexibility index (Phi) is 11.3. The molecule has 3 amide bonds. The van der Waals surface area contributed by atoms with Crippen molar-refractivity contribution in [1.29, 1.82) is 0 Å². The van der Waals surface area contributed by atoms with Crippen molar-refractivity contribution in [2.45, 2.75) is 38.5 Å². The number of hydrogen-bond acceptors (Lipinski definition) is 9. The fraction of sp³-hybridized carbons (Fsp3) is 0.250. The molecule has 4 aromatic rings. The van der Waals surface area contributed by atoms with Crippen molar-refractivity contribution < 1.29 is 33.0 Å². The zero-order valence-electron chi connectivity index (χ0n) is 24.4. The number of ether oxygens (including phenoxy) is 3. The smallest absolute Gasteiger partial charge is 0.407 e. The van der Waals surface area contributed by atoms with E-state index >= 15 is 0 Å². The summed E-state index contributed by atoms with van der Waals surface area (Å²) < 4.78 is 21.5. The zero-order valence-corrected chi connectivity index (χ0v) is 24.4. The number of urea groups is 1. The highest BCUT2D eigenvalue weighted by Crippen LogP contribution is 2.32. The van der Waals surface area contributed by atoms with E-state index in [-0.39, 0.29) is 13.2 Å². The lowest BCUT2D eigenvalue weighted by atomic mass is 10.1. The third-order valence-electron chi connectivity index (χ3n) is 6.52. The molecule has 0 aliphatic carbocycles. The maximum absolute atomic E-state index is 12.6. The number of amides is 3. The molecule has 0 saturated carbocycles. The van der Waals surface area contributed by atoms with Gasteiger partial charge in [-0.05, 0) is 48.2 Å². The van der Waals surface area contributed by atoms with Crippen molar-refractivity contribution in [3.63, 3.8) is 0 Å². The van der Waals surface area contributed by atoms with Crippen LogP contribution in [0.4, 0.5) is 21.0 Å². The van der Waals surface area contributed by atoms with Gasteiger partial charge < -0.3 is 40.3 Å². The van der Waals surface area contributed by atoms with Crippen molar-refractivity contribution in [2.24, 2.45) is 5.73 Å². The minimum absolute atomic E-state index is 0.103. The van der Waals surface area contributed by atoms with Crippen LogP contribution in [0.2, 0.25) is 0 Å². The van der Waals surface area contributed by atoms with Gasteiger partial charge in [-0.1, -0.05) is 49.4 Å². The second-order valence-corrected chi connectivity index (χ2v) is 9.78. The van der Waals surface area contributed by atoms with Crippen LogP contribution >= 0.6 is 0 Å². The Morgan fingerprint density at radius 3 is 2.41 bits per heavy atom. The van der Waals surface area contributed by atoms with E-state index in [4.69, 9.17) is 24.4 Å². The standard InChI is InChI=1S/C32H35N5O7/c1-3-25(19-42-30(38)27(33)15-21-8-5-4-6-9-21)44-32(40)35-17-22-10-7-11-23(14-22)36-31(39)37-24-12-13-26(28(16-24)41-2)29-18-34-20-43-29/h4-14,16,18,20,25,27H,3,15,17,19,33H2,1-2H3,(H,35,40)(H2,36,37,39)/t25?,27-/m1/s1. The Bertz CT molecular complexity index is 1530. The van der Waals surface area contributed by atoms with E-state index in [1.165, 1.54) is 13.5 Å². The number of hydrogen-bond donors (Lipinski definition) is 4. The number of nitrogens with one attached hydrogen (secondary N) is 3. The molecule has 0 aliphatic heterocycles. The number of methoxy groups -OCH3 is 1. The first kappa shape index (κ1) is 31.6. The van der Waals surface area contributed by atoms with Crippen LogP contribution in [0.5, 0.6) is 5.75 Å². The normalized spacial score (nSPS) is 12.0. The fourth-order valence-electron chi connectivity index (χ4n) is 4.21. The predicted octanol–water partition coefficient (Wildman–Crippen LogP) is 5.11. The first-order chi connectivity index (χ1) is 21.3. The lowest BCUT2D eigenvalue weighted by Crippen LogP contribution is -2.37. The van der Waals surface area contributed by atoms with Crippen LogP contribution in [0.3, 0.4) is 0 Å². The molecule has 4 rings (SSSR count). The van der Waals surface area contributed by atoms with Crippen LogP contribution in [0, 0.1) is 0 Å². The summed E-state index contributed by atoms with van der Waals surface area (Å²) in [4.78, 5) is 41.3. The molecule has 44 heavy (non-hydrogen) atoms. The van der Waals surface area contributed by atoms with Gasteiger partial charge in [0.1, 0.15) is 24.5 Å². The number of aromatic nitrogens is 1. The summed E-state index contributed by atoms with van der Waals surface area (Å²) in [5.74, 6) is 0.488. The molecule has 1 heterocycles. The van der Waals surface area contributed by atoms with Gasteiger partial charge >= 0.3 is 18.1 Å². The Labute approximate surface area is 254 Å². The van der Waals surface area contributed by atoms with Crippen molar-refractivity contribution >= 4 is 29.5 Å². The van der Waals surface area contributed by atoms with Gasteiger partial charge in [0.2, 0.25) is 0 Å². The summed E-state index contributed by atoms with van der Waals surface area (Å²) in [6.07, 6.45) is 2.39. The summed E-state index contributed by atoms with van der Waals surface area (Å²) in [6, 6.07) is 20.3. The Morgan fingerprint density at radius 1 is 0.955 bits per heavy atom. The SMILES string of the molecule is CCC(COC(=O)[C@H](N)Cc1ccccc1)OC(=O)NCc1cccc(NC(=O)Nc2ccc(-c3cnco3)c(OC)c2)c1. The fourth-order valence-corrected chi connectivity index (χ4v) is 4.21. The number of benzene rings is 3. The van der Waals surface area contributed by atoms with Crippen LogP contribution < -0.4 is 26.4 Å². The number of anilines is 2. The van der Waals surface area contributed by atoms with Crippen molar-refractivity contribution in [3.8, 4) is 17.1 Å². The quantitative estimate of drug-likeness (QED) is 0.152. The van der Waals surface area contributed by atoms with Gasteiger partial charge in [-0.25, -0.2) is 14.6 Å². The van der Waals surface area contributed by atoms with Gasteiger partial charge in [0.25, 0.3) is 0 Å². The molecule has 2 atom stereocenters. The lowest BCUT2D eigenvalue weighted by Gasteiger charge is -2.18. The number of nitrogens with two attached hydrogens (primary N) is 1. The van der Waals surface area contributed by atoms with E-state index in [2.05, 4.69) is 20.9 Å². The molecule has 0 saturated heterocycles. The van der Waals surface area contributed by atoms with Crippen LogP contribution in [0.1, 0.15) is 24.5 Å². The second kappa shape index (κ2) is 15.8. The van der Waals surface area contributed by atoms with E-state index in [1.807, 2.05) is 37.3 Å². The molecule has 230 valence electrons. The molecule has 12 nitrogen and oxygen atoms in total. The minimum atomic E-state index is -0.819. The zero-order chi connectivity index (χ0) is 31.3. The van der Waals surface area contributed by atoms with Crippen molar-refractivity contribution in [1.82, 2.24) is 10.3 Å². The molecular formula is C32H35N5O7. The monoisotopic (exact) mass is 601 g/mol. The van der Waals surface area contributed by atoms with E-state index < -0.39 is 30.2 Å². The van der Waals surface area contributed by atoms with Gasteiger partial charge in [-0.15, -0.1) is 0 Å². The average Bonchev–Trinajstić information content (AvgIpc) is 3.57. The number of carbonyl (C=O) groups is 3. The highest BCUT2D eigenvalue weighted by atomic mass is 16.6. The van der Waals surface area contributed by atoms with Crippen molar-refractivity contribution in [3.05, 3.63) is 96.5 Å². The van der Waals surface area contributed by atoms with Crippen LogP contribution in [-0.2, 0) is 27.2 Å². The molecule has 0 bridgehead atoms. The maximum atomic E-state index is 12.6. The summed E-state index contributed by atoms with van der Waals surface area (Å²) in [7, 11) is 1.52. The first-order valence-electron chi connectivity index (χ1n) is 14.0. The van der Waals surface area contributed by atoms with Crippen LogP contribution in [0.15, 0.2) is 89.8 Å². The first-order valence-corrected chi connectivity index (χ1v) is 14.0. The molecule has 5 N–H and O–H groups in total. The molecule has 12 heteroatoms. The van der Waals surface area contributed by atoms with E-state index in [1.54, 1.807) is 48.7 Å². The number of esters is 1. The molecule has 0 aliphatic rings. The molecule has 0 radical (unpaired) electrons. The predicted molar refractivity (Wildman–Crippen MR) is 164 cm³/mol. The third kappa shape index (κ3) is 9.33. The van der Waals surface area contributed by atoms with Crippen LogP contribution in [-0.4, -0.2) is 48.9 Å². The molecule has 1 aromatic heterocycles. The Morgan fingerprint density at radius 2 is 1.70 bits per heavy atom. The third-order valence-corrected chi connectivity index (χ3v) is 6.52. The number of nitrogens with zero attached hydrogens (tertiary/aromatic N) is 1. The topological polar surface area (TPSA) is 167 Å². The largest absolute Gasteiger partial charge is 0.496 e. The summed E-state index contributed by atoms with van der Waals surface area (Å²) in [5.41, 5.74) is 9.35. The highest BCUT2D eigenvalue weighted by Gasteiger charge is 2.20. The molecule has 1 unspecified atom stereocenters. The summed E-state index contributed by atoms with van der Waals surface area (Å²) in [6.45, 7) is 1.86. The Balaban J connectivity index is 1.22. The van der Waals surface area contributed by atoms with Crippen molar-refractivity contribution in [2.75, 3.05) is 24.4 Å². The van der Waals surface area contributed by atoms with Gasteiger partial charge in [0.05, 0.1) is 18.9 Å². The minimum Gasteiger partial charge on any atom is -0.496 e.